The first kappa shape index (κ1) is 20.9. The second-order valence-electron chi connectivity index (χ2n) is 6.00. The number of rotatable bonds is 5. The summed E-state index contributed by atoms with van der Waals surface area (Å²) in [5, 5.41) is 1.71. The summed E-state index contributed by atoms with van der Waals surface area (Å²) in [4.78, 5) is 11.6. The van der Waals surface area contributed by atoms with E-state index in [0.29, 0.717) is 40.5 Å². The van der Waals surface area contributed by atoms with E-state index < -0.39 is 35.6 Å². The van der Waals surface area contributed by atoms with Crippen molar-refractivity contribution in [3.05, 3.63) is 75.5 Å². The van der Waals surface area contributed by atoms with Crippen molar-refractivity contribution in [2.45, 2.75) is 19.0 Å². The minimum absolute atomic E-state index is 0.163. The summed E-state index contributed by atoms with van der Waals surface area (Å²) in [6.45, 7) is -0.702. The number of ether oxygens (including phenoxy) is 1. The van der Waals surface area contributed by atoms with Crippen LogP contribution in [-0.2, 0) is 19.0 Å². The van der Waals surface area contributed by atoms with E-state index in [9.17, 15) is 31.1 Å². The van der Waals surface area contributed by atoms with Crippen molar-refractivity contribution in [2.75, 3.05) is 0 Å². The lowest BCUT2D eigenvalue weighted by molar-refractivity contribution is -0.142. The fourth-order valence-corrected chi connectivity index (χ4v) is 3.45. The van der Waals surface area contributed by atoms with E-state index in [1.54, 1.807) is 23.6 Å². The van der Waals surface area contributed by atoms with Crippen LogP contribution >= 0.6 is 11.3 Å². The summed E-state index contributed by atoms with van der Waals surface area (Å²) < 4.78 is 83.5. The first-order chi connectivity index (χ1) is 13.6. The van der Waals surface area contributed by atoms with E-state index >= 15 is 0 Å². The van der Waals surface area contributed by atoms with E-state index in [1.165, 1.54) is 23.5 Å². The van der Waals surface area contributed by atoms with E-state index in [2.05, 4.69) is 0 Å². The first-order valence-corrected chi connectivity index (χ1v) is 9.01. The van der Waals surface area contributed by atoms with E-state index in [-0.39, 0.29) is 5.75 Å². The maximum atomic E-state index is 13.2. The molecule has 0 saturated heterocycles. The van der Waals surface area contributed by atoms with E-state index in [0.717, 1.165) is 0 Å². The Bertz CT molecular complexity index is 1020. The van der Waals surface area contributed by atoms with Gasteiger partial charge in [-0.05, 0) is 47.3 Å². The summed E-state index contributed by atoms with van der Waals surface area (Å²) in [7, 11) is 0. The highest BCUT2D eigenvalue weighted by molar-refractivity contribution is 7.12. The smallest absolute Gasteiger partial charge is 0.416 e. The summed E-state index contributed by atoms with van der Waals surface area (Å²) in [6.07, 6.45) is -8.91. The zero-order chi connectivity index (χ0) is 21.2. The SMILES string of the molecule is O=Cc1sccc1-c1cccc(OCc2cc(C(F)(F)F)ccc2C(F)(F)F)c1. The molecule has 1 heterocycles. The third kappa shape index (κ3) is 4.79. The van der Waals surface area contributed by atoms with Crippen LogP contribution in [0.3, 0.4) is 0 Å². The molecule has 0 fully saturated rings. The van der Waals surface area contributed by atoms with E-state index in [1.807, 2.05) is 0 Å². The average Bonchev–Trinajstić information content (AvgIpc) is 3.14. The monoisotopic (exact) mass is 430 g/mol. The zero-order valence-electron chi connectivity index (χ0n) is 14.5. The van der Waals surface area contributed by atoms with E-state index in [4.69, 9.17) is 4.74 Å². The standard InChI is InChI=1S/C20H12F6O2S/c21-19(22,23)14-4-5-17(20(24,25)26)13(8-14)11-28-15-3-1-2-12(9-15)16-6-7-29-18(16)10-27/h1-10H,11H2. The molecule has 2 aromatic carbocycles. The molecule has 0 saturated carbocycles. The first-order valence-electron chi connectivity index (χ1n) is 8.13. The molecule has 0 bridgehead atoms. The topological polar surface area (TPSA) is 26.3 Å². The summed E-state index contributed by atoms with van der Waals surface area (Å²) in [5.41, 5.74) is -1.77. The van der Waals surface area contributed by atoms with Crippen LogP contribution < -0.4 is 4.74 Å². The summed E-state index contributed by atoms with van der Waals surface area (Å²) >= 11 is 1.23. The lowest BCUT2D eigenvalue weighted by Crippen LogP contribution is -2.14. The van der Waals surface area contributed by atoms with Crippen molar-refractivity contribution in [3.8, 4) is 16.9 Å². The summed E-state index contributed by atoms with van der Waals surface area (Å²) in [5.74, 6) is 0.163. The molecule has 3 aromatic rings. The van der Waals surface area contributed by atoms with Crippen molar-refractivity contribution in [3.63, 3.8) is 0 Å². The molecular formula is C20H12F6O2S. The predicted molar refractivity (Wildman–Crippen MR) is 95.9 cm³/mol. The predicted octanol–water partition coefficient (Wildman–Crippen LogP) is 6.84. The molecule has 0 aliphatic rings. The van der Waals surface area contributed by atoms with Crippen LogP contribution in [0.2, 0.25) is 0 Å². The largest absolute Gasteiger partial charge is 0.489 e. The molecule has 29 heavy (non-hydrogen) atoms. The fourth-order valence-electron chi connectivity index (χ4n) is 2.73. The molecule has 0 unspecified atom stereocenters. The van der Waals surface area contributed by atoms with Crippen LogP contribution in [0.1, 0.15) is 26.4 Å². The number of hydrogen-bond acceptors (Lipinski definition) is 3. The Labute approximate surface area is 165 Å². The number of carbonyl (C=O) groups is 1. The molecule has 0 atom stereocenters. The highest BCUT2D eigenvalue weighted by atomic mass is 32.1. The van der Waals surface area contributed by atoms with Crippen LogP contribution in [0.4, 0.5) is 26.3 Å². The minimum Gasteiger partial charge on any atom is -0.489 e. The molecule has 1 aromatic heterocycles. The molecule has 152 valence electrons. The second-order valence-corrected chi connectivity index (χ2v) is 6.95. The normalized spacial score (nSPS) is 12.1. The maximum Gasteiger partial charge on any atom is 0.416 e. The lowest BCUT2D eigenvalue weighted by Gasteiger charge is -2.16. The zero-order valence-corrected chi connectivity index (χ0v) is 15.3. The second kappa shape index (κ2) is 7.90. The van der Waals surface area contributed by atoms with Crippen LogP contribution in [0.25, 0.3) is 11.1 Å². The van der Waals surface area contributed by atoms with Gasteiger partial charge in [0.1, 0.15) is 12.4 Å². The van der Waals surface area contributed by atoms with Gasteiger partial charge in [0.25, 0.3) is 0 Å². The van der Waals surface area contributed by atoms with Gasteiger partial charge in [-0.15, -0.1) is 11.3 Å². The molecular weight excluding hydrogens is 418 g/mol. The maximum absolute atomic E-state index is 13.2. The molecule has 2 nitrogen and oxygen atoms in total. The minimum atomic E-state index is -4.82. The Balaban J connectivity index is 1.89. The Kier molecular flexibility index (Phi) is 5.70. The van der Waals surface area contributed by atoms with Crippen LogP contribution in [-0.4, -0.2) is 6.29 Å². The van der Waals surface area contributed by atoms with Gasteiger partial charge in [0.15, 0.2) is 6.29 Å². The molecule has 0 aliphatic carbocycles. The Hall–Kier alpha value is -2.81. The summed E-state index contributed by atoms with van der Waals surface area (Å²) in [6, 6.07) is 9.19. The Morgan fingerprint density at radius 2 is 1.69 bits per heavy atom. The number of halogens is 6. The molecule has 0 aliphatic heterocycles. The number of aldehydes is 1. The van der Waals surface area contributed by atoms with Crippen molar-refractivity contribution >= 4 is 17.6 Å². The quantitative estimate of drug-likeness (QED) is 0.327. The van der Waals surface area contributed by atoms with Gasteiger partial charge in [0.2, 0.25) is 0 Å². The van der Waals surface area contributed by atoms with Crippen molar-refractivity contribution < 1.29 is 35.9 Å². The van der Waals surface area contributed by atoms with Gasteiger partial charge < -0.3 is 4.74 Å². The van der Waals surface area contributed by atoms with Crippen molar-refractivity contribution in [1.29, 1.82) is 0 Å². The number of carbonyl (C=O) groups excluding carboxylic acids is 1. The third-order valence-corrected chi connectivity index (χ3v) is 4.92. The molecule has 3 rings (SSSR count). The van der Waals surface area contributed by atoms with Crippen molar-refractivity contribution in [2.24, 2.45) is 0 Å². The van der Waals surface area contributed by atoms with Crippen molar-refractivity contribution in [1.82, 2.24) is 0 Å². The van der Waals surface area contributed by atoms with Gasteiger partial charge in [-0.25, -0.2) is 0 Å². The Morgan fingerprint density at radius 1 is 0.931 bits per heavy atom. The molecule has 0 amide bonds. The average molecular weight is 430 g/mol. The Morgan fingerprint density at radius 3 is 2.34 bits per heavy atom. The van der Waals surface area contributed by atoms with Crippen LogP contribution in [0.5, 0.6) is 5.75 Å². The van der Waals surface area contributed by atoms with Gasteiger partial charge in [0.05, 0.1) is 16.0 Å². The number of benzene rings is 2. The molecule has 0 N–H and O–H groups in total. The van der Waals surface area contributed by atoms with Gasteiger partial charge >= 0.3 is 12.4 Å². The van der Waals surface area contributed by atoms with Gasteiger partial charge in [-0.1, -0.05) is 12.1 Å². The van der Waals surface area contributed by atoms with Gasteiger partial charge in [-0.2, -0.15) is 26.3 Å². The number of hydrogen-bond donors (Lipinski definition) is 0. The molecule has 0 spiro atoms. The van der Waals surface area contributed by atoms with Crippen LogP contribution in [0.15, 0.2) is 53.9 Å². The number of thiophene rings is 1. The van der Waals surface area contributed by atoms with Gasteiger partial charge in [-0.3, -0.25) is 4.79 Å². The fraction of sp³-hybridized carbons (Fsp3) is 0.150. The highest BCUT2D eigenvalue weighted by Crippen LogP contribution is 2.37. The third-order valence-electron chi connectivity index (χ3n) is 4.08. The molecule has 0 radical (unpaired) electrons. The molecule has 9 heteroatoms. The van der Waals surface area contributed by atoms with Gasteiger partial charge in [0, 0.05) is 11.1 Å². The van der Waals surface area contributed by atoms with Crippen LogP contribution in [0, 0.1) is 0 Å². The number of alkyl halides is 6. The highest BCUT2D eigenvalue weighted by Gasteiger charge is 2.37. The lowest BCUT2D eigenvalue weighted by atomic mass is 10.0.